The van der Waals surface area contributed by atoms with Crippen LogP contribution in [0.25, 0.3) is 0 Å². The molecule has 5 heteroatoms. The fourth-order valence-corrected chi connectivity index (χ4v) is 15.1. The van der Waals surface area contributed by atoms with Gasteiger partial charge in [-0.3, -0.25) is 0 Å². The van der Waals surface area contributed by atoms with Crippen LogP contribution < -0.4 is 0 Å². The third kappa shape index (κ3) is 1.52. The first-order valence-electron chi connectivity index (χ1n) is 3.03. The van der Waals surface area contributed by atoms with Crippen molar-refractivity contribution in [2.45, 2.75) is 21.8 Å². The molecule has 0 aromatic rings. The third-order valence-electron chi connectivity index (χ3n) is 1.52. The predicted octanol–water partition coefficient (Wildman–Crippen LogP) is 1.09. The topological polar surface area (TPSA) is 35.5 Å². The van der Waals surface area contributed by atoms with E-state index >= 15 is 0 Å². The van der Waals surface area contributed by atoms with E-state index in [2.05, 4.69) is 0 Å². The molecule has 0 unspecified atom stereocenters. The SMILES string of the molecule is C[CH2][Pb]1([CH2]C)[O]S(=O)[O]1. The van der Waals surface area contributed by atoms with Crippen molar-refractivity contribution in [2.75, 3.05) is 0 Å². The molecule has 9 heavy (non-hydrogen) atoms. The molecule has 0 amide bonds. The Morgan fingerprint density at radius 3 is 1.89 bits per heavy atom. The van der Waals surface area contributed by atoms with Crippen molar-refractivity contribution in [3.05, 3.63) is 0 Å². The van der Waals surface area contributed by atoms with Crippen LogP contribution in [0.4, 0.5) is 0 Å². The Labute approximate surface area is 63.6 Å². The molecule has 3 nitrogen and oxygen atoms in total. The van der Waals surface area contributed by atoms with Gasteiger partial charge in [0.15, 0.2) is 0 Å². The van der Waals surface area contributed by atoms with E-state index < -0.39 is 33.4 Å². The van der Waals surface area contributed by atoms with Crippen LogP contribution in [0.1, 0.15) is 13.8 Å². The van der Waals surface area contributed by atoms with Crippen LogP contribution >= 0.6 is 0 Å². The molecule has 1 heterocycles. The number of hydrogen-bond acceptors (Lipinski definition) is 3. The molecule has 1 fully saturated rings. The van der Waals surface area contributed by atoms with Crippen LogP contribution in [0.5, 0.6) is 0 Å². The molecule has 0 aromatic carbocycles. The number of rotatable bonds is 2. The average molecular weight is 345 g/mol. The Balaban J connectivity index is 2.44. The second kappa shape index (κ2) is 2.93. The molecule has 54 valence electrons. The maximum absolute atomic E-state index is 10.4. The Hall–Kier alpha value is 0.992. The van der Waals surface area contributed by atoms with E-state index in [1.165, 1.54) is 0 Å². The zero-order valence-corrected chi connectivity index (χ0v) is 10.3. The maximum atomic E-state index is 10.4. The van der Waals surface area contributed by atoms with Crippen LogP contribution in [-0.2, 0) is 15.6 Å². The molecule has 1 rings (SSSR count). The van der Waals surface area contributed by atoms with Crippen LogP contribution in [0.2, 0.25) is 7.96 Å². The van der Waals surface area contributed by atoms with Gasteiger partial charge in [0.05, 0.1) is 0 Å². The summed E-state index contributed by atoms with van der Waals surface area (Å²) in [6, 6.07) is 0. The Bertz CT molecular complexity index is 124. The molecule has 0 radical (unpaired) electrons. The van der Waals surface area contributed by atoms with Gasteiger partial charge in [0.1, 0.15) is 0 Å². The summed E-state index contributed by atoms with van der Waals surface area (Å²) in [6.45, 7) is 4.09. The Morgan fingerprint density at radius 1 is 1.33 bits per heavy atom. The van der Waals surface area contributed by atoms with Gasteiger partial charge in [-0.05, 0) is 0 Å². The molecule has 0 saturated carbocycles. The van der Waals surface area contributed by atoms with E-state index in [0.29, 0.717) is 0 Å². The minimum absolute atomic E-state index is 0.981. The summed E-state index contributed by atoms with van der Waals surface area (Å²) in [7, 11) is 0. The van der Waals surface area contributed by atoms with Gasteiger partial charge >= 0.3 is 63.7 Å². The molecule has 1 aliphatic heterocycles. The quantitative estimate of drug-likeness (QED) is 0.703. The summed E-state index contributed by atoms with van der Waals surface area (Å²) in [6.07, 6.45) is 0. The zero-order chi connectivity index (χ0) is 6.91. The monoisotopic (exact) mass is 346 g/mol. The molecular weight excluding hydrogens is 335 g/mol. The van der Waals surface area contributed by atoms with E-state index in [1.807, 2.05) is 13.8 Å². The van der Waals surface area contributed by atoms with Gasteiger partial charge < -0.3 is 0 Å². The van der Waals surface area contributed by atoms with Crippen LogP contribution in [-0.4, -0.2) is 26.3 Å². The first kappa shape index (κ1) is 8.09. The van der Waals surface area contributed by atoms with Gasteiger partial charge in [-0.15, -0.1) is 0 Å². The standard InChI is InChI=1S/2C2H5.H2O3S.Pb/c2*1-2;1-4(2)3;/h2*1H2,2H3;(H2,1,2,3);/q;;;+2/p-2. The summed E-state index contributed by atoms with van der Waals surface area (Å²) in [5.41, 5.74) is 0. The van der Waals surface area contributed by atoms with E-state index in [9.17, 15) is 4.21 Å². The van der Waals surface area contributed by atoms with Crippen molar-refractivity contribution >= 4 is 33.4 Å². The van der Waals surface area contributed by atoms with Crippen LogP contribution in [0, 0.1) is 0 Å². The predicted molar refractivity (Wildman–Crippen MR) is 37.0 cm³/mol. The second-order valence-corrected chi connectivity index (χ2v) is 19.2. The van der Waals surface area contributed by atoms with E-state index in [0.717, 1.165) is 7.96 Å². The second-order valence-electron chi connectivity index (χ2n) is 1.99. The van der Waals surface area contributed by atoms with Crippen molar-refractivity contribution in [1.29, 1.82) is 0 Å². The van der Waals surface area contributed by atoms with Crippen molar-refractivity contribution in [2.24, 2.45) is 0 Å². The van der Waals surface area contributed by atoms with Gasteiger partial charge in [-0.1, -0.05) is 0 Å². The Morgan fingerprint density at radius 2 is 1.78 bits per heavy atom. The summed E-state index contributed by atoms with van der Waals surface area (Å²) >= 11 is -4.01. The van der Waals surface area contributed by atoms with E-state index in [-0.39, 0.29) is 0 Å². The first-order chi connectivity index (χ1) is 4.22. The molecule has 1 aliphatic rings. The van der Waals surface area contributed by atoms with Crippen molar-refractivity contribution < 1.29 is 8.48 Å². The van der Waals surface area contributed by atoms with Gasteiger partial charge in [0, 0.05) is 0 Å². The first-order valence-corrected chi connectivity index (χ1v) is 12.7. The van der Waals surface area contributed by atoms with Crippen LogP contribution in [0.15, 0.2) is 0 Å². The molecule has 0 bridgehead atoms. The molecule has 0 aromatic heterocycles. The molecular formula is C4H10O3PbS. The summed E-state index contributed by atoms with van der Waals surface area (Å²) in [5, 5.41) is 0. The minimum atomic E-state index is -2.65. The number of hydrogen-bond donors (Lipinski definition) is 0. The van der Waals surface area contributed by atoms with Crippen molar-refractivity contribution in [3.8, 4) is 0 Å². The Kier molecular flexibility index (Phi) is 2.64. The summed E-state index contributed by atoms with van der Waals surface area (Å²) < 4.78 is 22.5. The molecule has 0 spiro atoms. The van der Waals surface area contributed by atoms with Crippen molar-refractivity contribution in [3.63, 3.8) is 0 Å². The van der Waals surface area contributed by atoms with Crippen LogP contribution in [0.3, 0.4) is 0 Å². The normalized spacial score (nSPS) is 25.6. The van der Waals surface area contributed by atoms with Gasteiger partial charge in [-0.2, -0.15) is 0 Å². The van der Waals surface area contributed by atoms with E-state index in [1.54, 1.807) is 0 Å². The fraction of sp³-hybridized carbons (Fsp3) is 1.00. The molecule has 0 aliphatic carbocycles. The molecule has 0 atom stereocenters. The molecule has 0 N–H and O–H groups in total. The fourth-order valence-electron chi connectivity index (χ4n) is 0.740. The summed E-state index contributed by atoms with van der Waals surface area (Å²) in [4.78, 5) is 0. The van der Waals surface area contributed by atoms with Gasteiger partial charge in [0.25, 0.3) is 0 Å². The zero-order valence-electron chi connectivity index (χ0n) is 5.55. The van der Waals surface area contributed by atoms with Gasteiger partial charge in [-0.25, -0.2) is 0 Å². The average Bonchev–Trinajstić information content (AvgIpc) is 1.81. The van der Waals surface area contributed by atoms with Gasteiger partial charge in [0.2, 0.25) is 0 Å². The summed E-state index contributed by atoms with van der Waals surface area (Å²) in [5.74, 6) is 0. The third-order valence-corrected chi connectivity index (χ3v) is 21.0. The van der Waals surface area contributed by atoms with Crippen molar-refractivity contribution in [1.82, 2.24) is 0 Å². The van der Waals surface area contributed by atoms with E-state index in [4.69, 9.17) is 4.27 Å². The molecule has 1 saturated heterocycles.